The minimum absolute atomic E-state index is 0.170. The molecule has 0 spiro atoms. The monoisotopic (exact) mass is 450 g/mol. The van der Waals surface area contributed by atoms with Gasteiger partial charge < -0.3 is 15.1 Å². The third-order valence-electron chi connectivity index (χ3n) is 5.52. The average molecular weight is 451 g/mol. The number of benzene rings is 2. The Morgan fingerprint density at radius 3 is 2.45 bits per heavy atom. The molecule has 1 aliphatic heterocycles. The molecule has 1 fully saturated rings. The van der Waals surface area contributed by atoms with Crippen LogP contribution in [0.25, 0.3) is 0 Å². The zero-order valence-electron chi connectivity index (χ0n) is 18.4. The molecule has 4 rings (SSSR count). The molecule has 2 aromatic carbocycles. The van der Waals surface area contributed by atoms with Crippen LogP contribution in [0.2, 0.25) is 0 Å². The predicted octanol–water partition coefficient (Wildman–Crippen LogP) is 2.84. The number of rotatable bonds is 7. The number of halogens is 1. The maximum absolute atomic E-state index is 14.2. The SMILES string of the molecule is CCN1CCN(c2ccc(Nc3ncc(F)c(NN(N)C(=O)c4ccccc4)n3)cc2)CC1. The minimum Gasteiger partial charge on any atom is -0.369 e. The third-order valence-corrected chi connectivity index (χ3v) is 5.52. The predicted molar refractivity (Wildman–Crippen MR) is 126 cm³/mol. The fraction of sp³-hybridized carbons (Fsp3) is 0.261. The number of carbonyl (C=O) groups excluding carboxylic acids is 1. The summed E-state index contributed by atoms with van der Waals surface area (Å²) in [6.45, 7) is 7.36. The summed E-state index contributed by atoms with van der Waals surface area (Å²) in [6, 6.07) is 16.4. The molecule has 0 bridgehead atoms. The van der Waals surface area contributed by atoms with Gasteiger partial charge in [-0.05, 0) is 42.9 Å². The minimum atomic E-state index is -0.738. The summed E-state index contributed by atoms with van der Waals surface area (Å²) < 4.78 is 14.2. The zero-order chi connectivity index (χ0) is 23.2. The summed E-state index contributed by atoms with van der Waals surface area (Å²) in [5, 5.41) is 3.74. The van der Waals surface area contributed by atoms with Crippen molar-refractivity contribution in [1.82, 2.24) is 20.0 Å². The number of hydrazine groups is 2. The summed E-state index contributed by atoms with van der Waals surface area (Å²) in [7, 11) is 0. The average Bonchev–Trinajstić information content (AvgIpc) is 2.86. The standard InChI is InChI=1S/C23H27FN8O/c1-2-30-12-14-31(15-13-30)19-10-8-18(9-11-19)27-23-26-16-20(24)21(28-23)29-32(25)22(33)17-6-4-3-5-7-17/h3-11,16H,2,12-15,25H2,1H3,(H2,26,27,28,29). The van der Waals surface area contributed by atoms with E-state index < -0.39 is 11.7 Å². The van der Waals surface area contributed by atoms with E-state index in [4.69, 9.17) is 5.84 Å². The highest BCUT2D eigenvalue weighted by Crippen LogP contribution is 2.22. The maximum atomic E-state index is 14.2. The number of hydrogen-bond acceptors (Lipinski definition) is 8. The van der Waals surface area contributed by atoms with E-state index in [9.17, 15) is 9.18 Å². The van der Waals surface area contributed by atoms with Gasteiger partial charge in [-0.15, -0.1) is 0 Å². The second-order valence-electron chi connectivity index (χ2n) is 7.64. The van der Waals surface area contributed by atoms with Crippen molar-refractivity contribution in [3.63, 3.8) is 0 Å². The quantitative estimate of drug-likeness (QED) is 0.287. The summed E-state index contributed by atoms with van der Waals surface area (Å²) >= 11 is 0. The van der Waals surface area contributed by atoms with Crippen LogP contribution in [0.15, 0.2) is 60.8 Å². The lowest BCUT2D eigenvalue weighted by Gasteiger charge is -2.35. The Morgan fingerprint density at radius 2 is 1.79 bits per heavy atom. The van der Waals surface area contributed by atoms with Crippen molar-refractivity contribution in [2.45, 2.75) is 6.92 Å². The van der Waals surface area contributed by atoms with Crippen LogP contribution < -0.4 is 21.5 Å². The molecule has 0 atom stereocenters. The Hall–Kier alpha value is -3.76. The normalized spacial score (nSPS) is 14.1. The van der Waals surface area contributed by atoms with E-state index in [1.807, 2.05) is 24.3 Å². The number of carbonyl (C=O) groups is 1. The summed E-state index contributed by atoms with van der Waals surface area (Å²) in [5.74, 6) is 4.46. The number of piperazine rings is 1. The smallest absolute Gasteiger partial charge is 0.287 e. The summed E-state index contributed by atoms with van der Waals surface area (Å²) in [5.41, 5.74) is 4.75. The van der Waals surface area contributed by atoms with Gasteiger partial charge in [0.05, 0.1) is 6.20 Å². The van der Waals surface area contributed by atoms with E-state index in [0.29, 0.717) is 10.7 Å². The van der Waals surface area contributed by atoms with Crippen molar-refractivity contribution in [3.8, 4) is 0 Å². The Kier molecular flexibility index (Phi) is 6.96. The van der Waals surface area contributed by atoms with Crippen LogP contribution in [0.5, 0.6) is 0 Å². The topological polar surface area (TPSA) is 103 Å². The lowest BCUT2D eigenvalue weighted by molar-refractivity contribution is 0.0792. The fourth-order valence-corrected chi connectivity index (χ4v) is 3.60. The van der Waals surface area contributed by atoms with Gasteiger partial charge in [0.2, 0.25) is 5.95 Å². The van der Waals surface area contributed by atoms with Crippen molar-refractivity contribution >= 4 is 29.0 Å². The number of nitrogens with two attached hydrogens (primary N) is 1. The molecule has 10 heteroatoms. The van der Waals surface area contributed by atoms with Crippen LogP contribution in [0.1, 0.15) is 17.3 Å². The molecule has 33 heavy (non-hydrogen) atoms. The molecule has 172 valence electrons. The first-order chi connectivity index (χ1) is 16.0. The number of anilines is 4. The molecule has 1 amide bonds. The molecular weight excluding hydrogens is 423 g/mol. The van der Waals surface area contributed by atoms with Gasteiger partial charge in [0.1, 0.15) is 0 Å². The van der Waals surface area contributed by atoms with E-state index in [1.165, 1.54) is 0 Å². The third kappa shape index (κ3) is 5.54. The Labute approximate surface area is 192 Å². The van der Waals surface area contributed by atoms with Gasteiger partial charge in [0.25, 0.3) is 5.91 Å². The summed E-state index contributed by atoms with van der Waals surface area (Å²) in [4.78, 5) is 25.3. The lowest BCUT2D eigenvalue weighted by Crippen LogP contribution is -2.46. The number of nitrogens with one attached hydrogen (secondary N) is 2. The van der Waals surface area contributed by atoms with E-state index in [-0.39, 0.29) is 11.8 Å². The van der Waals surface area contributed by atoms with Gasteiger partial charge in [0.15, 0.2) is 11.6 Å². The van der Waals surface area contributed by atoms with E-state index in [1.54, 1.807) is 30.3 Å². The maximum Gasteiger partial charge on any atom is 0.287 e. The number of nitrogens with zero attached hydrogens (tertiary/aromatic N) is 5. The van der Waals surface area contributed by atoms with Gasteiger partial charge in [-0.1, -0.05) is 25.1 Å². The van der Waals surface area contributed by atoms with Crippen molar-refractivity contribution in [1.29, 1.82) is 0 Å². The summed E-state index contributed by atoms with van der Waals surface area (Å²) in [6.07, 6.45) is 1.01. The van der Waals surface area contributed by atoms with Crippen LogP contribution >= 0.6 is 0 Å². The highest BCUT2D eigenvalue weighted by Gasteiger charge is 2.17. The molecule has 1 aliphatic rings. The van der Waals surface area contributed by atoms with Crippen molar-refractivity contribution in [2.75, 3.05) is 48.4 Å². The van der Waals surface area contributed by atoms with Crippen molar-refractivity contribution in [2.24, 2.45) is 5.84 Å². The molecular formula is C23H27FN8O. The van der Waals surface area contributed by atoms with Gasteiger partial charge in [-0.3, -0.25) is 10.2 Å². The molecule has 4 N–H and O–H groups in total. The van der Waals surface area contributed by atoms with Gasteiger partial charge >= 0.3 is 0 Å². The molecule has 1 aromatic heterocycles. The number of amides is 1. The molecule has 0 unspecified atom stereocenters. The fourth-order valence-electron chi connectivity index (χ4n) is 3.60. The van der Waals surface area contributed by atoms with Gasteiger partial charge in [0, 0.05) is 43.1 Å². The van der Waals surface area contributed by atoms with Crippen molar-refractivity contribution < 1.29 is 9.18 Å². The second kappa shape index (κ2) is 10.2. The Balaban J connectivity index is 1.40. The lowest BCUT2D eigenvalue weighted by atomic mass is 10.2. The largest absolute Gasteiger partial charge is 0.369 e. The molecule has 3 aromatic rings. The van der Waals surface area contributed by atoms with Crippen LogP contribution in [-0.2, 0) is 0 Å². The Bertz CT molecular complexity index is 1070. The zero-order valence-corrected chi connectivity index (χ0v) is 18.4. The van der Waals surface area contributed by atoms with E-state index >= 15 is 0 Å². The van der Waals surface area contributed by atoms with Crippen LogP contribution in [0.3, 0.4) is 0 Å². The van der Waals surface area contributed by atoms with E-state index in [0.717, 1.165) is 50.3 Å². The molecule has 0 aliphatic carbocycles. The van der Waals surface area contributed by atoms with Crippen LogP contribution in [-0.4, -0.2) is 58.6 Å². The van der Waals surface area contributed by atoms with E-state index in [2.05, 4.69) is 37.4 Å². The molecule has 2 heterocycles. The Morgan fingerprint density at radius 1 is 1.09 bits per heavy atom. The van der Waals surface area contributed by atoms with Gasteiger partial charge in [-0.25, -0.2) is 15.2 Å². The van der Waals surface area contributed by atoms with Crippen LogP contribution in [0, 0.1) is 5.82 Å². The first-order valence-electron chi connectivity index (χ1n) is 10.8. The number of aromatic nitrogens is 2. The van der Waals surface area contributed by atoms with Crippen molar-refractivity contribution in [3.05, 3.63) is 72.2 Å². The first kappa shape index (κ1) is 22.4. The molecule has 9 nitrogen and oxygen atoms in total. The highest BCUT2D eigenvalue weighted by atomic mass is 19.1. The number of hydrogen-bond donors (Lipinski definition) is 3. The van der Waals surface area contributed by atoms with Gasteiger partial charge in [-0.2, -0.15) is 10.1 Å². The highest BCUT2D eigenvalue weighted by molar-refractivity contribution is 5.94. The first-order valence-corrected chi connectivity index (χ1v) is 10.8. The van der Waals surface area contributed by atoms with Crippen LogP contribution in [0.4, 0.5) is 27.5 Å². The number of likely N-dealkylation sites (N-methyl/N-ethyl adjacent to an activating group) is 1. The molecule has 0 saturated carbocycles. The second-order valence-corrected chi connectivity index (χ2v) is 7.64. The molecule has 0 radical (unpaired) electrons. The molecule has 1 saturated heterocycles.